The number of fused-ring (bicyclic) bond motifs is 4. The van der Waals surface area contributed by atoms with Crippen molar-refractivity contribution in [2.45, 2.75) is 44.8 Å². The minimum absolute atomic E-state index is 0.00109. The lowest BCUT2D eigenvalue weighted by atomic mass is 9.89. The molecule has 8 nitrogen and oxygen atoms in total. The summed E-state index contributed by atoms with van der Waals surface area (Å²) in [5.41, 5.74) is 4.41. The lowest BCUT2D eigenvalue weighted by Crippen LogP contribution is -2.44. The number of H-pyrrole nitrogens is 1. The fraction of sp³-hybridized carbons (Fsp3) is 0.484. The molecule has 1 saturated heterocycles. The van der Waals surface area contributed by atoms with Crippen molar-refractivity contribution < 1.29 is 19.0 Å². The van der Waals surface area contributed by atoms with Gasteiger partial charge in [0.2, 0.25) is 0 Å². The van der Waals surface area contributed by atoms with Crippen molar-refractivity contribution in [1.29, 1.82) is 0 Å². The Bertz CT molecular complexity index is 1370. The molecule has 2 atom stereocenters. The quantitative estimate of drug-likeness (QED) is 0.204. The summed E-state index contributed by atoms with van der Waals surface area (Å²) in [4.78, 5) is 23.5. The minimum Gasteiger partial charge on any atom is -0.494 e. The number of thiocarbonyl (C=S) groups is 1. The Morgan fingerprint density at radius 1 is 1.05 bits per heavy atom. The molecule has 5 rings (SSSR count). The van der Waals surface area contributed by atoms with Gasteiger partial charge in [-0.15, -0.1) is 0 Å². The van der Waals surface area contributed by atoms with Gasteiger partial charge in [-0.25, -0.2) is 0 Å². The van der Waals surface area contributed by atoms with Crippen LogP contribution < -0.4 is 4.74 Å². The fourth-order valence-electron chi connectivity index (χ4n) is 5.94. The Morgan fingerprint density at radius 2 is 1.76 bits per heavy atom. The summed E-state index contributed by atoms with van der Waals surface area (Å²) in [7, 11) is 3.45. The number of rotatable bonds is 13. The molecule has 10 heteroatoms. The van der Waals surface area contributed by atoms with E-state index in [-0.39, 0.29) is 24.0 Å². The lowest BCUT2D eigenvalue weighted by Gasteiger charge is -2.37. The van der Waals surface area contributed by atoms with Crippen molar-refractivity contribution in [3.8, 4) is 5.75 Å². The Labute approximate surface area is 256 Å². The van der Waals surface area contributed by atoms with E-state index in [0.717, 1.165) is 58.4 Å². The molecule has 3 aromatic rings. The summed E-state index contributed by atoms with van der Waals surface area (Å²) >= 11 is 9.56. The highest BCUT2D eigenvalue weighted by Crippen LogP contribution is 2.45. The van der Waals surface area contributed by atoms with Crippen LogP contribution in [0.2, 0.25) is 0 Å². The van der Waals surface area contributed by atoms with Gasteiger partial charge in [-0.1, -0.05) is 28.1 Å². The predicted molar refractivity (Wildman–Crippen MR) is 168 cm³/mol. The van der Waals surface area contributed by atoms with E-state index >= 15 is 0 Å². The average Bonchev–Trinajstić information content (AvgIpc) is 3.44. The molecule has 1 aromatic heterocycles. The van der Waals surface area contributed by atoms with Gasteiger partial charge in [-0.05, 0) is 73.9 Å². The summed E-state index contributed by atoms with van der Waals surface area (Å²) in [6.45, 7) is 8.72. The van der Waals surface area contributed by atoms with Crippen LogP contribution in [0.15, 0.2) is 46.9 Å². The molecule has 41 heavy (non-hydrogen) atoms. The third kappa shape index (κ3) is 6.17. The number of nitrogens with zero attached hydrogens (tertiary/aromatic N) is 3. The molecule has 1 N–H and O–H groups in total. The summed E-state index contributed by atoms with van der Waals surface area (Å²) in [6.07, 6.45) is 1.53. The highest BCUT2D eigenvalue weighted by atomic mass is 79.9. The Kier molecular flexibility index (Phi) is 9.66. The van der Waals surface area contributed by atoms with Gasteiger partial charge in [0.1, 0.15) is 11.8 Å². The van der Waals surface area contributed by atoms with Gasteiger partial charge in [0, 0.05) is 67.4 Å². The number of carbonyl (C=O) groups is 1. The number of amides is 1. The first-order valence-corrected chi connectivity index (χ1v) is 15.4. The van der Waals surface area contributed by atoms with Crippen molar-refractivity contribution in [1.82, 2.24) is 19.7 Å². The first-order chi connectivity index (χ1) is 19.8. The number of ether oxygens (including phenoxy) is 3. The maximum Gasteiger partial charge on any atom is 0.252 e. The van der Waals surface area contributed by atoms with Crippen LogP contribution in [0.5, 0.6) is 5.75 Å². The van der Waals surface area contributed by atoms with Gasteiger partial charge in [0.05, 0.1) is 25.9 Å². The number of hydrogen-bond acceptors (Lipinski definition) is 6. The third-order valence-corrected chi connectivity index (χ3v) is 8.86. The van der Waals surface area contributed by atoms with E-state index in [1.54, 1.807) is 19.1 Å². The lowest BCUT2D eigenvalue weighted by molar-refractivity contribution is -0.129. The minimum atomic E-state index is -0.324. The molecule has 1 fully saturated rings. The highest BCUT2D eigenvalue weighted by Gasteiger charge is 2.51. The molecule has 220 valence electrons. The summed E-state index contributed by atoms with van der Waals surface area (Å²) in [5.74, 6) is 0.904. The second-order valence-electron chi connectivity index (χ2n) is 10.9. The van der Waals surface area contributed by atoms with Crippen molar-refractivity contribution in [3.63, 3.8) is 0 Å². The number of aromatic nitrogens is 1. The zero-order valence-corrected chi connectivity index (χ0v) is 26.6. The van der Waals surface area contributed by atoms with Gasteiger partial charge in [0.25, 0.3) is 5.91 Å². The molecule has 0 spiro atoms. The number of hydrogen-bond donors (Lipinski definition) is 1. The molecule has 0 radical (unpaired) electrons. The number of aromatic amines is 1. The van der Waals surface area contributed by atoms with Crippen LogP contribution in [0.1, 0.15) is 43.1 Å². The molecule has 2 unspecified atom stereocenters. The number of benzene rings is 2. The van der Waals surface area contributed by atoms with E-state index in [2.05, 4.69) is 55.0 Å². The third-order valence-electron chi connectivity index (χ3n) is 7.96. The van der Waals surface area contributed by atoms with Crippen LogP contribution in [-0.2, 0) is 20.7 Å². The second kappa shape index (κ2) is 13.2. The molecule has 0 saturated carbocycles. The number of carbonyl (C=O) groups excluding carboxylic acids is 1. The first kappa shape index (κ1) is 30.0. The van der Waals surface area contributed by atoms with Crippen molar-refractivity contribution >= 4 is 50.1 Å². The Balaban J connectivity index is 1.36. The SMILES string of the molecule is COCCN(CCCOc1ccc(C2c3[nH]c4ccc(Br)cc4c3CC3C(=O)N(C(C)C)C(=S)N32)cc1)CCOC. The number of methoxy groups -OCH3 is 2. The smallest absolute Gasteiger partial charge is 0.252 e. The summed E-state index contributed by atoms with van der Waals surface area (Å²) in [6, 6.07) is 14.0. The predicted octanol–water partition coefficient (Wildman–Crippen LogP) is 5.15. The van der Waals surface area contributed by atoms with Crippen LogP contribution in [0, 0.1) is 0 Å². The van der Waals surface area contributed by atoms with E-state index < -0.39 is 0 Å². The molecule has 2 aromatic carbocycles. The van der Waals surface area contributed by atoms with Crippen LogP contribution in [-0.4, -0.2) is 96.5 Å². The normalized spacial score (nSPS) is 18.6. The van der Waals surface area contributed by atoms with Crippen molar-refractivity contribution in [2.75, 3.05) is 53.7 Å². The van der Waals surface area contributed by atoms with Crippen LogP contribution in [0.4, 0.5) is 0 Å². The molecular formula is C31H39BrN4O4S. The van der Waals surface area contributed by atoms with Crippen molar-refractivity contribution in [2.24, 2.45) is 0 Å². The second-order valence-corrected chi connectivity index (χ2v) is 12.2. The topological polar surface area (TPSA) is 70.3 Å². The maximum atomic E-state index is 13.6. The molecular weight excluding hydrogens is 604 g/mol. The monoisotopic (exact) mass is 642 g/mol. The highest BCUT2D eigenvalue weighted by molar-refractivity contribution is 9.10. The van der Waals surface area contributed by atoms with E-state index in [0.29, 0.717) is 31.4 Å². The summed E-state index contributed by atoms with van der Waals surface area (Å²) in [5, 5.41) is 1.74. The number of halogens is 1. The van der Waals surface area contributed by atoms with E-state index in [1.807, 2.05) is 32.0 Å². The average molecular weight is 644 g/mol. The summed E-state index contributed by atoms with van der Waals surface area (Å²) < 4.78 is 17.6. The van der Waals surface area contributed by atoms with Gasteiger partial charge < -0.3 is 24.1 Å². The van der Waals surface area contributed by atoms with Crippen LogP contribution in [0.25, 0.3) is 10.9 Å². The van der Waals surface area contributed by atoms with Gasteiger partial charge >= 0.3 is 0 Å². The van der Waals surface area contributed by atoms with Crippen molar-refractivity contribution in [3.05, 3.63) is 63.8 Å². The molecule has 0 bridgehead atoms. The van der Waals surface area contributed by atoms with Gasteiger partial charge in [-0.3, -0.25) is 14.6 Å². The maximum absolute atomic E-state index is 13.6. The zero-order valence-electron chi connectivity index (χ0n) is 24.2. The van der Waals surface area contributed by atoms with Crippen LogP contribution >= 0.6 is 28.1 Å². The van der Waals surface area contributed by atoms with E-state index in [1.165, 1.54) is 5.56 Å². The zero-order chi connectivity index (χ0) is 29.1. The molecule has 2 aliphatic rings. The standard InChI is InChI=1S/C31H39BrN4O4S/c1-20(2)35-30(37)27-19-25-24-18-22(32)8-11-26(24)33-28(25)29(36(27)31(35)41)21-6-9-23(10-7-21)40-15-5-12-34(13-16-38-3)14-17-39-4/h6-11,18,20,27,29,33H,5,12-17,19H2,1-4H3. The number of nitrogens with one attached hydrogen (secondary N) is 1. The largest absolute Gasteiger partial charge is 0.494 e. The van der Waals surface area contributed by atoms with E-state index in [9.17, 15) is 4.79 Å². The fourth-order valence-corrected chi connectivity index (χ4v) is 6.83. The first-order valence-electron chi connectivity index (χ1n) is 14.2. The molecule has 1 amide bonds. The van der Waals surface area contributed by atoms with Crippen LogP contribution in [0.3, 0.4) is 0 Å². The Morgan fingerprint density at radius 3 is 2.41 bits per heavy atom. The molecule has 3 heterocycles. The molecule has 2 aliphatic heterocycles. The van der Waals surface area contributed by atoms with Gasteiger partial charge in [0.15, 0.2) is 5.11 Å². The Hall–Kier alpha value is -2.50. The molecule has 0 aliphatic carbocycles. The van der Waals surface area contributed by atoms with E-state index in [4.69, 9.17) is 26.4 Å². The van der Waals surface area contributed by atoms with Gasteiger partial charge in [-0.2, -0.15) is 0 Å².